The van der Waals surface area contributed by atoms with Gasteiger partial charge in [0.05, 0.1) is 0 Å². The Balaban J connectivity index is 1.59. The lowest BCUT2D eigenvalue weighted by Crippen LogP contribution is -2.35. The number of nitrogens with zero attached hydrogens (tertiary/aromatic N) is 5. The first-order chi connectivity index (χ1) is 11.8. The lowest BCUT2D eigenvalue weighted by atomic mass is 10.2. The van der Waals surface area contributed by atoms with Gasteiger partial charge in [0.2, 0.25) is 5.95 Å². The van der Waals surface area contributed by atoms with E-state index < -0.39 is 11.9 Å². The van der Waals surface area contributed by atoms with Gasteiger partial charge in [0.15, 0.2) is 0 Å². The molecule has 2 aromatic heterocycles. The number of halogens is 3. The fourth-order valence-electron chi connectivity index (χ4n) is 2.98. The number of rotatable bonds is 4. The van der Waals surface area contributed by atoms with Crippen LogP contribution in [0.5, 0.6) is 0 Å². The third kappa shape index (κ3) is 4.25. The van der Waals surface area contributed by atoms with Gasteiger partial charge in [0, 0.05) is 50.8 Å². The van der Waals surface area contributed by atoms with E-state index in [1.807, 2.05) is 20.0 Å². The maximum absolute atomic E-state index is 12.6. The van der Waals surface area contributed by atoms with Crippen LogP contribution in [-0.4, -0.2) is 46.0 Å². The third-order valence-electron chi connectivity index (χ3n) is 4.41. The first-order valence-electron chi connectivity index (χ1n) is 8.10. The Kier molecular flexibility index (Phi) is 4.89. The summed E-state index contributed by atoms with van der Waals surface area (Å²) in [6.07, 6.45) is -0.381. The molecule has 8 heteroatoms. The van der Waals surface area contributed by atoms with Crippen molar-refractivity contribution < 1.29 is 13.2 Å². The van der Waals surface area contributed by atoms with Gasteiger partial charge in [-0.25, -0.2) is 9.97 Å². The molecule has 1 aliphatic heterocycles. The summed E-state index contributed by atoms with van der Waals surface area (Å²) in [4.78, 5) is 16.5. The van der Waals surface area contributed by atoms with Gasteiger partial charge < -0.3 is 4.90 Å². The van der Waals surface area contributed by atoms with Crippen LogP contribution in [0, 0.1) is 6.92 Å². The van der Waals surface area contributed by atoms with Gasteiger partial charge in [-0.1, -0.05) is 6.07 Å². The van der Waals surface area contributed by atoms with Gasteiger partial charge in [0.25, 0.3) is 0 Å². The van der Waals surface area contributed by atoms with Crippen molar-refractivity contribution in [3.8, 4) is 0 Å². The predicted molar refractivity (Wildman–Crippen MR) is 88.1 cm³/mol. The SMILES string of the molecule is Cc1ccnc(N(C)C2CCN(Cc3ccc(C(F)(F)F)nc3)C2)n1. The zero-order chi connectivity index (χ0) is 18.0. The third-order valence-corrected chi connectivity index (χ3v) is 4.41. The van der Waals surface area contributed by atoms with Gasteiger partial charge in [-0.3, -0.25) is 9.88 Å². The van der Waals surface area contributed by atoms with E-state index in [4.69, 9.17) is 0 Å². The smallest absolute Gasteiger partial charge is 0.340 e. The van der Waals surface area contributed by atoms with E-state index in [9.17, 15) is 13.2 Å². The normalized spacial score (nSPS) is 18.5. The quantitative estimate of drug-likeness (QED) is 0.848. The van der Waals surface area contributed by atoms with E-state index in [-0.39, 0.29) is 6.04 Å². The summed E-state index contributed by atoms with van der Waals surface area (Å²) in [5, 5.41) is 0. The number of hydrogen-bond donors (Lipinski definition) is 0. The summed E-state index contributed by atoms with van der Waals surface area (Å²) in [5.41, 5.74) is 0.845. The summed E-state index contributed by atoms with van der Waals surface area (Å²) in [5.74, 6) is 0.697. The van der Waals surface area contributed by atoms with Crippen molar-refractivity contribution in [1.82, 2.24) is 19.9 Å². The number of pyridine rings is 1. The van der Waals surface area contributed by atoms with Crippen LogP contribution in [-0.2, 0) is 12.7 Å². The van der Waals surface area contributed by atoms with Gasteiger partial charge >= 0.3 is 6.18 Å². The number of aromatic nitrogens is 3. The zero-order valence-corrected chi connectivity index (χ0v) is 14.2. The molecule has 134 valence electrons. The van der Waals surface area contributed by atoms with Crippen molar-refractivity contribution in [2.45, 2.75) is 32.1 Å². The number of alkyl halides is 3. The van der Waals surface area contributed by atoms with E-state index in [1.165, 1.54) is 12.3 Å². The maximum atomic E-state index is 12.6. The first kappa shape index (κ1) is 17.6. The highest BCUT2D eigenvalue weighted by molar-refractivity contribution is 5.31. The van der Waals surface area contributed by atoms with Crippen LogP contribution in [0.15, 0.2) is 30.6 Å². The summed E-state index contributed by atoms with van der Waals surface area (Å²) in [7, 11) is 1.97. The molecule has 25 heavy (non-hydrogen) atoms. The van der Waals surface area contributed by atoms with E-state index in [1.54, 1.807) is 6.20 Å². The standard InChI is InChI=1S/C17H20F3N5/c1-12-5-7-21-16(23-12)24(2)14-6-8-25(11-14)10-13-3-4-15(22-9-13)17(18,19)20/h3-5,7,9,14H,6,8,10-11H2,1-2H3. The van der Waals surface area contributed by atoms with Crippen LogP contribution in [0.4, 0.5) is 19.1 Å². The van der Waals surface area contributed by atoms with Gasteiger partial charge in [-0.05, 0) is 31.0 Å². The first-order valence-corrected chi connectivity index (χ1v) is 8.10. The molecule has 1 saturated heterocycles. The van der Waals surface area contributed by atoms with Crippen molar-refractivity contribution in [3.63, 3.8) is 0 Å². The molecule has 0 saturated carbocycles. The molecule has 1 atom stereocenters. The van der Waals surface area contributed by atoms with Crippen LogP contribution in [0.1, 0.15) is 23.4 Å². The Morgan fingerprint density at radius 2 is 2.04 bits per heavy atom. The average Bonchev–Trinajstić information content (AvgIpc) is 3.02. The molecule has 3 heterocycles. The lowest BCUT2D eigenvalue weighted by Gasteiger charge is -2.25. The number of likely N-dealkylation sites (tertiary alicyclic amines) is 1. The van der Waals surface area contributed by atoms with E-state index in [0.29, 0.717) is 12.5 Å². The number of anilines is 1. The lowest BCUT2D eigenvalue weighted by molar-refractivity contribution is -0.141. The van der Waals surface area contributed by atoms with Gasteiger partial charge in [-0.15, -0.1) is 0 Å². The molecule has 0 radical (unpaired) electrons. The summed E-state index contributed by atoms with van der Waals surface area (Å²) in [6, 6.07) is 4.67. The molecule has 1 aliphatic rings. The second kappa shape index (κ2) is 6.95. The Bertz CT molecular complexity index is 717. The number of likely N-dealkylation sites (N-methyl/N-ethyl adjacent to an activating group) is 1. The molecule has 2 aromatic rings. The molecule has 0 aromatic carbocycles. The van der Waals surface area contributed by atoms with Crippen molar-refractivity contribution >= 4 is 5.95 Å². The van der Waals surface area contributed by atoms with Crippen molar-refractivity contribution in [2.24, 2.45) is 0 Å². The highest BCUT2D eigenvalue weighted by Gasteiger charge is 2.32. The second-order valence-corrected chi connectivity index (χ2v) is 6.34. The van der Waals surface area contributed by atoms with Crippen LogP contribution in [0.25, 0.3) is 0 Å². The minimum absolute atomic E-state index is 0.282. The van der Waals surface area contributed by atoms with E-state index in [2.05, 4.69) is 24.8 Å². The monoisotopic (exact) mass is 351 g/mol. The molecule has 5 nitrogen and oxygen atoms in total. The molecule has 0 spiro atoms. The predicted octanol–water partition coefficient (Wildman–Crippen LogP) is 2.91. The van der Waals surface area contributed by atoms with E-state index in [0.717, 1.165) is 36.8 Å². The molecular formula is C17H20F3N5. The molecular weight excluding hydrogens is 331 g/mol. The topological polar surface area (TPSA) is 45.2 Å². The summed E-state index contributed by atoms with van der Waals surface area (Å²) >= 11 is 0. The zero-order valence-electron chi connectivity index (χ0n) is 14.2. The van der Waals surface area contributed by atoms with Crippen molar-refractivity contribution in [1.29, 1.82) is 0 Å². The fraction of sp³-hybridized carbons (Fsp3) is 0.471. The fourth-order valence-corrected chi connectivity index (χ4v) is 2.98. The van der Waals surface area contributed by atoms with Crippen molar-refractivity contribution in [2.75, 3.05) is 25.0 Å². The molecule has 0 N–H and O–H groups in total. The molecule has 1 fully saturated rings. The van der Waals surface area contributed by atoms with Crippen LogP contribution in [0.3, 0.4) is 0 Å². The molecule has 1 unspecified atom stereocenters. The van der Waals surface area contributed by atoms with Gasteiger partial charge in [0.1, 0.15) is 5.69 Å². The Labute approximate surface area is 144 Å². The average molecular weight is 351 g/mol. The molecule has 0 amide bonds. The highest BCUT2D eigenvalue weighted by atomic mass is 19.4. The van der Waals surface area contributed by atoms with E-state index >= 15 is 0 Å². The second-order valence-electron chi connectivity index (χ2n) is 6.34. The minimum Gasteiger partial charge on any atom is -0.340 e. The molecule has 0 aliphatic carbocycles. The summed E-state index contributed by atoms with van der Waals surface area (Å²) in [6.45, 7) is 4.21. The molecule has 0 bridgehead atoms. The number of aryl methyl sites for hydroxylation is 1. The van der Waals surface area contributed by atoms with Crippen LogP contribution in [0.2, 0.25) is 0 Å². The maximum Gasteiger partial charge on any atom is 0.433 e. The van der Waals surface area contributed by atoms with Crippen LogP contribution < -0.4 is 4.90 Å². The minimum atomic E-state index is -4.40. The summed E-state index contributed by atoms with van der Waals surface area (Å²) < 4.78 is 37.7. The Hall–Kier alpha value is -2.22. The Morgan fingerprint density at radius 1 is 1.24 bits per heavy atom. The Morgan fingerprint density at radius 3 is 2.68 bits per heavy atom. The van der Waals surface area contributed by atoms with Gasteiger partial charge in [-0.2, -0.15) is 13.2 Å². The van der Waals surface area contributed by atoms with Crippen molar-refractivity contribution in [3.05, 3.63) is 47.5 Å². The highest BCUT2D eigenvalue weighted by Crippen LogP contribution is 2.27. The number of hydrogen-bond acceptors (Lipinski definition) is 5. The molecule has 3 rings (SSSR count). The van der Waals surface area contributed by atoms with Crippen LogP contribution >= 0.6 is 0 Å². The largest absolute Gasteiger partial charge is 0.433 e.